The summed E-state index contributed by atoms with van der Waals surface area (Å²) in [6.45, 7) is 9.01. The summed E-state index contributed by atoms with van der Waals surface area (Å²) in [4.78, 5) is 38.6. The number of carbonyl (C=O) groups excluding carboxylic acids is 2. The third-order valence-corrected chi connectivity index (χ3v) is 5.29. The molecular formula is C18H30N2O5. The highest BCUT2D eigenvalue weighted by Crippen LogP contribution is 2.42. The number of hydrogen-bond donors (Lipinski definition) is 2. The largest absolute Gasteiger partial charge is 0.481 e. The van der Waals surface area contributed by atoms with Crippen LogP contribution < -0.4 is 5.32 Å². The van der Waals surface area contributed by atoms with Crippen molar-refractivity contribution in [3.63, 3.8) is 0 Å². The highest BCUT2D eigenvalue weighted by atomic mass is 16.5. The summed E-state index contributed by atoms with van der Waals surface area (Å²) in [5.74, 6) is -1.24. The third kappa shape index (κ3) is 4.14. The third-order valence-electron chi connectivity index (χ3n) is 5.29. The Morgan fingerprint density at radius 2 is 1.96 bits per heavy atom. The van der Waals surface area contributed by atoms with Crippen LogP contribution in [-0.4, -0.2) is 60.1 Å². The maximum absolute atomic E-state index is 13.0. The van der Waals surface area contributed by atoms with Gasteiger partial charge in [0, 0.05) is 32.0 Å². The molecule has 0 aromatic carbocycles. The van der Waals surface area contributed by atoms with Crippen molar-refractivity contribution in [3.05, 3.63) is 0 Å². The lowest BCUT2D eigenvalue weighted by Crippen LogP contribution is -2.51. The average Bonchev–Trinajstić information content (AvgIpc) is 2.92. The van der Waals surface area contributed by atoms with E-state index >= 15 is 0 Å². The zero-order valence-electron chi connectivity index (χ0n) is 15.6. The van der Waals surface area contributed by atoms with E-state index in [1.54, 1.807) is 4.90 Å². The van der Waals surface area contributed by atoms with Crippen LogP contribution in [0, 0.1) is 23.2 Å². The van der Waals surface area contributed by atoms with E-state index in [9.17, 15) is 19.5 Å². The molecular weight excluding hydrogens is 324 g/mol. The molecule has 0 saturated carbocycles. The standard InChI is InChI=1S/C18H30N2O5/c1-11(2)7-14(21)19-15(12(3)4)16(22)20-8-13-9-25-6-5-18(13,10-20)17(23)24/h11-13,15H,5-10H2,1-4H3,(H,19,21)(H,23,24)/t13-,15?,18+/m0/s1. The van der Waals surface area contributed by atoms with E-state index in [0.29, 0.717) is 32.6 Å². The molecule has 2 aliphatic rings. The van der Waals surface area contributed by atoms with E-state index in [4.69, 9.17) is 4.74 Å². The first kappa shape index (κ1) is 19.7. The summed E-state index contributed by atoms with van der Waals surface area (Å²) in [5, 5.41) is 12.6. The van der Waals surface area contributed by atoms with Gasteiger partial charge >= 0.3 is 5.97 Å². The summed E-state index contributed by atoms with van der Waals surface area (Å²) in [5.41, 5.74) is -0.919. The van der Waals surface area contributed by atoms with Crippen LogP contribution in [0.1, 0.15) is 40.5 Å². The summed E-state index contributed by atoms with van der Waals surface area (Å²) < 4.78 is 5.43. The fraction of sp³-hybridized carbons (Fsp3) is 0.833. The van der Waals surface area contributed by atoms with Gasteiger partial charge in [0.05, 0.1) is 12.0 Å². The Morgan fingerprint density at radius 3 is 2.48 bits per heavy atom. The van der Waals surface area contributed by atoms with E-state index < -0.39 is 17.4 Å². The Balaban J connectivity index is 2.12. The number of amides is 2. The highest BCUT2D eigenvalue weighted by Gasteiger charge is 2.55. The van der Waals surface area contributed by atoms with Crippen LogP contribution in [0.15, 0.2) is 0 Å². The van der Waals surface area contributed by atoms with Gasteiger partial charge in [-0.25, -0.2) is 0 Å². The first-order valence-corrected chi connectivity index (χ1v) is 9.06. The van der Waals surface area contributed by atoms with E-state index in [1.165, 1.54) is 0 Å². The molecule has 0 radical (unpaired) electrons. The Labute approximate surface area is 149 Å². The molecule has 25 heavy (non-hydrogen) atoms. The lowest BCUT2D eigenvalue weighted by Gasteiger charge is -2.34. The van der Waals surface area contributed by atoms with Crippen molar-refractivity contribution >= 4 is 17.8 Å². The summed E-state index contributed by atoms with van der Waals surface area (Å²) in [6.07, 6.45) is 0.787. The maximum atomic E-state index is 13.0. The smallest absolute Gasteiger partial charge is 0.311 e. The minimum Gasteiger partial charge on any atom is -0.481 e. The van der Waals surface area contributed by atoms with Crippen molar-refractivity contribution in [2.24, 2.45) is 23.2 Å². The predicted molar refractivity (Wildman–Crippen MR) is 91.8 cm³/mol. The summed E-state index contributed by atoms with van der Waals surface area (Å²) >= 11 is 0. The molecule has 1 unspecified atom stereocenters. The summed E-state index contributed by atoms with van der Waals surface area (Å²) in [7, 11) is 0. The van der Waals surface area contributed by atoms with Gasteiger partial charge in [0.25, 0.3) is 0 Å². The first-order valence-electron chi connectivity index (χ1n) is 9.06. The van der Waals surface area contributed by atoms with Crippen molar-refractivity contribution in [1.82, 2.24) is 10.2 Å². The van der Waals surface area contributed by atoms with Gasteiger partial charge in [-0.1, -0.05) is 27.7 Å². The molecule has 7 heteroatoms. The van der Waals surface area contributed by atoms with E-state index in [0.717, 1.165) is 0 Å². The Bertz CT molecular complexity index is 534. The van der Waals surface area contributed by atoms with E-state index in [2.05, 4.69) is 5.32 Å². The van der Waals surface area contributed by atoms with Gasteiger partial charge < -0.3 is 20.1 Å². The van der Waals surface area contributed by atoms with Gasteiger partial charge in [0.2, 0.25) is 11.8 Å². The second-order valence-corrected chi connectivity index (χ2v) is 8.09. The van der Waals surface area contributed by atoms with Crippen LogP contribution in [0.25, 0.3) is 0 Å². The zero-order chi connectivity index (χ0) is 18.8. The summed E-state index contributed by atoms with van der Waals surface area (Å²) in [6, 6.07) is -0.627. The minimum atomic E-state index is -0.919. The molecule has 2 N–H and O–H groups in total. The number of nitrogens with zero attached hydrogens (tertiary/aromatic N) is 1. The van der Waals surface area contributed by atoms with Crippen LogP contribution in [0.3, 0.4) is 0 Å². The Kier molecular flexibility index (Phi) is 6.08. The molecule has 0 aromatic heterocycles. The maximum Gasteiger partial charge on any atom is 0.311 e. The van der Waals surface area contributed by atoms with Crippen LogP contribution in [-0.2, 0) is 19.1 Å². The highest BCUT2D eigenvalue weighted by molar-refractivity contribution is 5.89. The SMILES string of the molecule is CC(C)CC(=O)NC(C(=O)N1C[C@H]2COCC[C@@]2(C(=O)O)C1)C(C)C. The van der Waals surface area contributed by atoms with Gasteiger partial charge in [0.1, 0.15) is 6.04 Å². The quantitative estimate of drug-likeness (QED) is 0.745. The van der Waals surface area contributed by atoms with Crippen molar-refractivity contribution in [2.45, 2.75) is 46.6 Å². The van der Waals surface area contributed by atoms with Gasteiger partial charge in [-0.05, 0) is 18.3 Å². The molecule has 7 nitrogen and oxygen atoms in total. The molecule has 2 fully saturated rings. The van der Waals surface area contributed by atoms with Crippen molar-refractivity contribution < 1.29 is 24.2 Å². The lowest BCUT2D eigenvalue weighted by atomic mass is 9.74. The molecule has 2 rings (SSSR count). The molecule has 2 aliphatic heterocycles. The molecule has 2 saturated heterocycles. The molecule has 0 aromatic rings. The van der Waals surface area contributed by atoms with Crippen molar-refractivity contribution in [2.75, 3.05) is 26.3 Å². The molecule has 3 atom stereocenters. The first-order chi connectivity index (χ1) is 11.7. The fourth-order valence-corrected chi connectivity index (χ4v) is 3.78. The average molecular weight is 354 g/mol. The monoisotopic (exact) mass is 354 g/mol. The van der Waals surface area contributed by atoms with Gasteiger partial charge in [-0.2, -0.15) is 0 Å². The van der Waals surface area contributed by atoms with Crippen LogP contribution in [0.2, 0.25) is 0 Å². The molecule has 0 bridgehead atoms. The van der Waals surface area contributed by atoms with E-state index in [1.807, 2.05) is 27.7 Å². The number of ether oxygens (including phenoxy) is 1. The topological polar surface area (TPSA) is 95.9 Å². The Morgan fingerprint density at radius 1 is 1.28 bits per heavy atom. The number of nitrogens with one attached hydrogen (secondary N) is 1. The molecule has 142 valence electrons. The number of carboxylic acids is 1. The number of aliphatic carboxylic acids is 1. The number of hydrogen-bond acceptors (Lipinski definition) is 4. The molecule has 0 spiro atoms. The van der Waals surface area contributed by atoms with E-state index in [-0.39, 0.29) is 36.1 Å². The Hall–Kier alpha value is -1.63. The minimum absolute atomic E-state index is 0.0664. The normalized spacial score (nSPS) is 27.3. The van der Waals surface area contributed by atoms with Crippen molar-refractivity contribution in [3.8, 4) is 0 Å². The second-order valence-electron chi connectivity index (χ2n) is 8.09. The van der Waals surface area contributed by atoms with Gasteiger partial charge in [-0.3, -0.25) is 14.4 Å². The number of carboxylic acid groups (broad SMARTS) is 1. The predicted octanol–water partition coefficient (Wildman–Crippen LogP) is 1.12. The number of rotatable bonds is 6. The second kappa shape index (κ2) is 7.72. The molecule has 2 amide bonds. The van der Waals surface area contributed by atoms with Gasteiger partial charge in [0.15, 0.2) is 0 Å². The lowest BCUT2D eigenvalue weighted by molar-refractivity contribution is -0.157. The molecule has 2 heterocycles. The van der Waals surface area contributed by atoms with Crippen LogP contribution in [0.4, 0.5) is 0 Å². The number of fused-ring (bicyclic) bond motifs is 1. The molecule has 0 aliphatic carbocycles. The fourth-order valence-electron chi connectivity index (χ4n) is 3.78. The van der Waals surface area contributed by atoms with Crippen LogP contribution in [0.5, 0.6) is 0 Å². The zero-order valence-corrected chi connectivity index (χ0v) is 15.6. The van der Waals surface area contributed by atoms with Gasteiger partial charge in [-0.15, -0.1) is 0 Å². The van der Waals surface area contributed by atoms with Crippen molar-refractivity contribution in [1.29, 1.82) is 0 Å². The number of carbonyl (C=O) groups is 3. The van der Waals surface area contributed by atoms with Crippen LogP contribution >= 0.6 is 0 Å². The number of likely N-dealkylation sites (tertiary alicyclic amines) is 1.